The molecule has 0 radical (unpaired) electrons. The first-order valence-electron chi connectivity index (χ1n) is 21.7. The van der Waals surface area contributed by atoms with Crippen LogP contribution in [0.4, 0.5) is 11.4 Å². The third kappa shape index (κ3) is 9.71. The summed E-state index contributed by atoms with van der Waals surface area (Å²) in [7, 11) is 0. The lowest BCUT2D eigenvalue weighted by atomic mass is 9.76. The van der Waals surface area contributed by atoms with Gasteiger partial charge >= 0.3 is 0 Å². The molecule has 5 aromatic carbocycles. The molecule has 0 saturated carbocycles. The minimum atomic E-state index is -1.10. The van der Waals surface area contributed by atoms with Gasteiger partial charge in [0.05, 0.1) is 17.1 Å². The van der Waals surface area contributed by atoms with Gasteiger partial charge in [-0.3, -0.25) is 9.59 Å². The van der Waals surface area contributed by atoms with Crippen molar-refractivity contribution in [2.75, 3.05) is 10.3 Å². The van der Waals surface area contributed by atoms with Crippen molar-refractivity contribution in [3.05, 3.63) is 149 Å². The monoisotopic (exact) mass is 863 g/mol. The van der Waals surface area contributed by atoms with Gasteiger partial charge in [-0.05, 0) is 96.3 Å². The molecule has 0 bridgehead atoms. The van der Waals surface area contributed by atoms with Gasteiger partial charge in [0.15, 0.2) is 6.10 Å². The van der Waals surface area contributed by atoms with Crippen LogP contribution in [0.2, 0.25) is 0 Å². The molecule has 63 heavy (non-hydrogen) atoms. The van der Waals surface area contributed by atoms with Crippen LogP contribution in [0.1, 0.15) is 108 Å². The SMILES string of the molecule is CCC(Oc1ccc(C(C)(C)CC)cc1C(C)(C)CC)C(=O)Nc1ccccc1N1N=C(c2ccccc2)C(Oc2ccc(C)cc2C(C)Sc2nnnn2-c2ccccc2)C1=O. The summed E-state index contributed by atoms with van der Waals surface area (Å²) in [6, 6.07) is 38.7. The summed E-state index contributed by atoms with van der Waals surface area (Å²) in [5, 5.41) is 22.3. The van der Waals surface area contributed by atoms with Gasteiger partial charge in [-0.1, -0.05) is 151 Å². The molecule has 3 unspecified atom stereocenters. The Morgan fingerprint density at radius 1 is 0.825 bits per heavy atom. The van der Waals surface area contributed by atoms with E-state index >= 15 is 0 Å². The smallest absolute Gasteiger partial charge is 0.294 e. The van der Waals surface area contributed by atoms with Gasteiger partial charge in [-0.2, -0.15) is 14.8 Å². The molecule has 1 aliphatic heterocycles. The number of carbonyl (C=O) groups excluding carboxylic acids is 2. The first-order chi connectivity index (χ1) is 30.2. The quantitative estimate of drug-likeness (QED) is 0.0899. The number of rotatable bonds is 17. The van der Waals surface area contributed by atoms with E-state index in [2.05, 4.69) is 87.5 Å². The number of hydrogen-bond donors (Lipinski definition) is 1. The summed E-state index contributed by atoms with van der Waals surface area (Å²) in [5.41, 5.74) is 6.87. The summed E-state index contributed by atoms with van der Waals surface area (Å²) in [6.07, 6.45) is 0.410. The molecule has 1 aromatic heterocycles. The second-order valence-electron chi connectivity index (χ2n) is 17.2. The molecule has 0 spiro atoms. The maximum absolute atomic E-state index is 14.8. The summed E-state index contributed by atoms with van der Waals surface area (Å²) in [4.78, 5) is 29.0. The lowest BCUT2D eigenvalue weighted by Gasteiger charge is -2.31. The number of amides is 2. The van der Waals surface area contributed by atoms with E-state index in [-0.39, 0.29) is 22.0 Å². The number of nitrogens with zero attached hydrogens (tertiary/aromatic N) is 6. The Kier molecular flexibility index (Phi) is 13.5. The van der Waals surface area contributed by atoms with Crippen LogP contribution in [0.5, 0.6) is 11.5 Å². The Labute approximate surface area is 375 Å². The van der Waals surface area contributed by atoms with Crippen molar-refractivity contribution in [1.29, 1.82) is 0 Å². The van der Waals surface area contributed by atoms with E-state index in [0.717, 1.165) is 40.8 Å². The number of aryl methyl sites for hydroxylation is 1. The van der Waals surface area contributed by atoms with Crippen LogP contribution in [-0.4, -0.2) is 49.9 Å². The fourth-order valence-corrected chi connectivity index (χ4v) is 8.34. The number of para-hydroxylation sites is 3. The molecule has 0 fully saturated rings. The van der Waals surface area contributed by atoms with Crippen molar-refractivity contribution in [2.45, 2.75) is 115 Å². The standard InChI is InChI=1S/C51H57N7O4S/c1-10-42(61-44-30-28-36(50(6,7)11-2)32-39(44)51(8,9)12-3)47(59)52-40-25-19-20-26-41(40)58-48(60)46(45(54-58)35-21-15-13-16-22-35)62-43-29-27-33(4)31-38(43)34(5)63-49-53-55-56-57(49)37-23-17-14-18-24-37/h13-32,34,42,46H,10-12H2,1-9H3,(H,52,59). The summed E-state index contributed by atoms with van der Waals surface area (Å²) in [6.45, 7) is 19.3. The number of tetrazole rings is 1. The van der Waals surface area contributed by atoms with E-state index in [1.54, 1.807) is 16.8 Å². The molecule has 0 saturated heterocycles. The molecule has 326 valence electrons. The van der Waals surface area contributed by atoms with Gasteiger partial charge in [0.2, 0.25) is 11.3 Å². The van der Waals surface area contributed by atoms with Gasteiger partial charge in [-0.25, -0.2) is 0 Å². The Hall–Kier alpha value is -6.27. The van der Waals surface area contributed by atoms with Crippen molar-refractivity contribution in [3.8, 4) is 17.2 Å². The minimum absolute atomic E-state index is 0.00798. The van der Waals surface area contributed by atoms with Crippen LogP contribution in [0.3, 0.4) is 0 Å². The number of carbonyl (C=O) groups is 2. The molecule has 2 heterocycles. The van der Waals surface area contributed by atoms with Crippen LogP contribution < -0.4 is 19.8 Å². The van der Waals surface area contributed by atoms with Crippen LogP contribution in [0.25, 0.3) is 5.69 Å². The van der Waals surface area contributed by atoms with Gasteiger partial charge in [0, 0.05) is 21.9 Å². The third-order valence-electron chi connectivity index (χ3n) is 12.1. The number of aromatic nitrogens is 4. The molecule has 12 heteroatoms. The van der Waals surface area contributed by atoms with Crippen molar-refractivity contribution in [2.24, 2.45) is 5.10 Å². The average Bonchev–Trinajstić information content (AvgIpc) is 3.90. The maximum Gasteiger partial charge on any atom is 0.294 e. The van der Waals surface area contributed by atoms with Crippen LogP contribution in [0, 0.1) is 6.92 Å². The molecular formula is C51H57N7O4S. The Morgan fingerprint density at radius 3 is 2.19 bits per heavy atom. The predicted molar refractivity (Wildman–Crippen MR) is 252 cm³/mol. The van der Waals surface area contributed by atoms with Crippen LogP contribution in [-0.2, 0) is 20.4 Å². The first-order valence-corrected chi connectivity index (χ1v) is 22.6. The summed E-state index contributed by atoms with van der Waals surface area (Å²) < 4.78 is 15.1. The highest BCUT2D eigenvalue weighted by Crippen LogP contribution is 2.42. The van der Waals surface area contributed by atoms with Crippen molar-refractivity contribution < 1.29 is 19.1 Å². The van der Waals surface area contributed by atoms with E-state index in [4.69, 9.17) is 14.6 Å². The largest absolute Gasteiger partial charge is 0.480 e. The topological polar surface area (TPSA) is 124 Å². The number of anilines is 2. The van der Waals surface area contributed by atoms with Gasteiger partial charge in [0.25, 0.3) is 11.8 Å². The molecule has 1 N–H and O–H groups in total. The highest BCUT2D eigenvalue weighted by atomic mass is 32.2. The normalized spacial score (nSPS) is 15.2. The molecule has 1 aliphatic rings. The first kappa shape index (κ1) is 44.8. The zero-order chi connectivity index (χ0) is 44.9. The summed E-state index contributed by atoms with van der Waals surface area (Å²) in [5.74, 6) is 0.492. The van der Waals surface area contributed by atoms with E-state index in [1.807, 2.05) is 105 Å². The van der Waals surface area contributed by atoms with Crippen LogP contribution in [0.15, 0.2) is 132 Å². The van der Waals surface area contributed by atoms with Gasteiger partial charge in [0.1, 0.15) is 17.2 Å². The third-order valence-corrected chi connectivity index (χ3v) is 13.2. The lowest BCUT2D eigenvalue weighted by Crippen LogP contribution is -2.38. The molecule has 2 amide bonds. The highest BCUT2D eigenvalue weighted by Gasteiger charge is 2.41. The van der Waals surface area contributed by atoms with E-state index in [9.17, 15) is 9.59 Å². The number of hydrogen-bond acceptors (Lipinski definition) is 9. The van der Waals surface area contributed by atoms with Gasteiger partial charge < -0.3 is 14.8 Å². The van der Waals surface area contributed by atoms with Crippen molar-refractivity contribution >= 4 is 40.7 Å². The molecular weight excluding hydrogens is 807 g/mol. The fourth-order valence-electron chi connectivity index (χ4n) is 7.39. The molecule has 6 aromatic rings. The number of thioether (sulfide) groups is 1. The number of nitrogens with one attached hydrogen (secondary N) is 1. The van der Waals surface area contributed by atoms with Crippen molar-refractivity contribution in [1.82, 2.24) is 20.2 Å². The van der Waals surface area contributed by atoms with E-state index < -0.39 is 18.1 Å². The van der Waals surface area contributed by atoms with E-state index in [1.165, 1.54) is 22.3 Å². The van der Waals surface area contributed by atoms with Gasteiger partial charge in [-0.15, -0.1) is 5.10 Å². The molecule has 7 rings (SSSR count). The fraction of sp³-hybridized carbons (Fsp3) is 0.333. The van der Waals surface area contributed by atoms with Crippen LogP contribution >= 0.6 is 11.8 Å². The lowest BCUT2D eigenvalue weighted by molar-refractivity contribution is -0.123. The minimum Gasteiger partial charge on any atom is -0.480 e. The molecule has 3 atom stereocenters. The average molecular weight is 864 g/mol. The molecule has 11 nitrogen and oxygen atoms in total. The number of hydrazone groups is 1. The Morgan fingerprint density at radius 2 is 1.49 bits per heavy atom. The zero-order valence-electron chi connectivity index (χ0n) is 37.6. The maximum atomic E-state index is 14.8. The zero-order valence-corrected chi connectivity index (χ0v) is 38.4. The Bertz CT molecular complexity index is 2590. The molecule has 0 aliphatic carbocycles. The second-order valence-corrected chi connectivity index (χ2v) is 18.5. The second kappa shape index (κ2) is 19.0. The summed E-state index contributed by atoms with van der Waals surface area (Å²) >= 11 is 1.49. The van der Waals surface area contributed by atoms with E-state index in [0.29, 0.717) is 40.2 Å². The van der Waals surface area contributed by atoms with Crippen molar-refractivity contribution in [3.63, 3.8) is 0 Å². The predicted octanol–water partition coefficient (Wildman–Crippen LogP) is 11.2. The number of benzene rings is 5. The highest BCUT2D eigenvalue weighted by molar-refractivity contribution is 7.99. The Balaban J connectivity index is 1.17. The number of ether oxygens (including phenoxy) is 2.